The highest BCUT2D eigenvalue weighted by atomic mass is 16.2. The molecular formula is C22H23N5O. The van der Waals surface area contributed by atoms with Crippen molar-refractivity contribution in [2.75, 3.05) is 16.9 Å². The standard InChI is InChI=1S/C22H23N5O/c1-22(2)15-27(19-8-4-3-7-18(19)22)26-21(28)17-6-5-11-24-20(17)25-14-16-9-12-23-13-10-16/h3-13H,14-15H2,1-2H3,(H,24,25)(H,26,28). The summed E-state index contributed by atoms with van der Waals surface area (Å²) in [7, 11) is 0. The molecule has 3 aromatic rings. The van der Waals surface area contributed by atoms with Gasteiger partial charge in [0.1, 0.15) is 5.82 Å². The minimum Gasteiger partial charge on any atom is -0.365 e. The molecule has 0 saturated carbocycles. The van der Waals surface area contributed by atoms with E-state index >= 15 is 0 Å². The second-order valence-electron chi connectivity index (χ2n) is 7.54. The van der Waals surface area contributed by atoms with Gasteiger partial charge in [0.25, 0.3) is 5.91 Å². The van der Waals surface area contributed by atoms with E-state index < -0.39 is 0 Å². The molecule has 0 bridgehead atoms. The van der Waals surface area contributed by atoms with Crippen molar-refractivity contribution in [3.63, 3.8) is 0 Å². The molecular weight excluding hydrogens is 350 g/mol. The molecule has 0 unspecified atom stereocenters. The second-order valence-corrected chi connectivity index (χ2v) is 7.54. The Hall–Kier alpha value is -3.41. The monoisotopic (exact) mass is 373 g/mol. The topological polar surface area (TPSA) is 70.2 Å². The third-order valence-electron chi connectivity index (χ3n) is 4.98. The normalized spacial score (nSPS) is 14.4. The van der Waals surface area contributed by atoms with Crippen molar-refractivity contribution in [3.8, 4) is 0 Å². The van der Waals surface area contributed by atoms with Gasteiger partial charge in [-0.15, -0.1) is 0 Å². The summed E-state index contributed by atoms with van der Waals surface area (Å²) in [6.07, 6.45) is 5.17. The maximum absolute atomic E-state index is 13.0. The highest BCUT2D eigenvalue weighted by Crippen LogP contribution is 2.39. The first-order valence-corrected chi connectivity index (χ1v) is 9.30. The largest absolute Gasteiger partial charge is 0.365 e. The summed E-state index contributed by atoms with van der Waals surface area (Å²) in [6.45, 7) is 5.66. The fourth-order valence-corrected chi connectivity index (χ4v) is 3.55. The predicted octanol–water partition coefficient (Wildman–Crippen LogP) is 3.53. The Morgan fingerprint density at radius 3 is 2.68 bits per heavy atom. The third kappa shape index (κ3) is 3.53. The summed E-state index contributed by atoms with van der Waals surface area (Å²) in [5, 5.41) is 5.18. The summed E-state index contributed by atoms with van der Waals surface area (Å²) in [6, 6.07) is 15.6. The van der Waals surface area contributed by atoms with Crippen LogP contribution in [0.15, 0.2) is 67.1 Å². The van der Waals surface area contributed by atoms with Gasteiger partial charge in [0.05, 0.1) is 11.3 Å². The van der Waals surface area contributed by atoms with Crippen LogP contribution in [0.3, 0.4) is 0 Å². The fourth-order valence-electron chi connectivity index (χ4n) is 3.55. The molecule has 0 radical (unpaired) electrons. The van der Waals surface area contributed by atoms with Gasteiger partial charge in [0.2, 0.25) is 0 Å². The number of amides is 1. The van der Waals surface area contributed by atoms with E-state index in [1.165, 1.54) is 5.56 Å². The van der Waals surface area contributed by atoms with Crippen LogP contribution >= 0.6 is 0 Å². The molecule has 1 aromatic carbocycles. The molecule has 4 rings (SSSR count). The average molecular weight is 373 g/mol. The fraction of sp³-hybridized carbons (Fsp3) is 0.227. The summed E-state index contributed by atoms with van der Waals surface area (Å²) in [4.78, 5) is 21.4. The zero-order valence-corrected chi connectivity index (χ0v) is 16.0. The Bertz CT molecular complexity index is 987. The van der Waals surface area contributed by atoms with Crippen LogP contribution < -0.4 is 15.8 Å². The number of carbonyl (C=O) groups excluding carboxylic acids is 1. The minimum absolute atomic E-state index is 0.0266. The smallest absolute Gasteiger partial charge is 0.273 e. The molecule has 2 aromatic heterocycles. The second kappa shape index (κ2) is 7.31. The SMILES string of the molecule is CC1(C)CN(NC(=O)c2cccnc2NCc2ccncc2)c2ccccc21. The number of benzene rings is 1. The number of pyridine rings is 2. The van der Waals surface area contributed by atoms with E-state index in [0.29, 0.717) is 17.9 Å². The number of carbonyl (C=O) groups is 1. The van der Waals surface area contributed by atoms with Gasteiger partial charge < -0.3 is 5.32 Å². The van der Waals surface area contributed by atoms with E-state index in [-0.39, 0.29) is 11.3 Å². The van der Waals surface area contributed by atoms with E-state index in [2.05, 4.69) is 40.6 Å². The van der Waals surface area contributed by atoms with E-state index in [1.807, 2.05) is 35.3 Å². The van der Waals surface area contributed by atoms with E-state index in [9.17, 15) is 4.79 Å². The van der Waals surface area contributed by atoms with Crippen LogP contribution in [0.25, 0.3) is 0 Å². The van der Waals surface area contributed by atoms with E-state index in [0.717, 1.165) is 17.8 Å². The summed E-state index contributed by atoms with van der Waals surface area (Å²) >= 11 is 0. The Balaban J connectivity index is 1.52. The van der Waals surface area contributed by atoms with Crippen LogP contribution in [-0.4, -0.2) is 22.4 Å². The van der Waals surface area contributed by atoms with Gasteiger partial charge in [0, 0.05) is 37.1 Å². The lowest BCUT2D eigenvalue weighted by Gasteiger charge is -2.23. The quantitative estimate of drug-likeness (QED) is 0.716. The first-order valence-electron chi connectivity index (χ1n) is 9.30. The van der Waals surface area contributed by atoms with Crippen molar-refractivity contribution in [3.05, 3.63) is 83.8 Å². The molecule has 1 aliphatic heterocycles. The molecule has 0 fully saturated rings. The lowest BCUT2D eigenvalue weighted by atomic mass is 9.87. The average Bonchev–Trinajstić information content (AvgIpc) is 2.98. The summed E-state index contributed by atoms with van der Waals surface area (Å²) in [5.74, 6) is 0.376. The highest BCUT2D eigenvalue weighted by molar-refractivity contribution is 5.99. The molecule has 0 atom stereocenters. The lowest BCUT2D eigenvalue weighted by Crippen LogP contribution is -2.43. The van der Waals surface area contributed by atoms with Crippen molar-refractivity contribution in [1.29, 1.82) is 0 Å². The van der Waals surface area contributed by atoms with Gasteiger partial charge in [-0.3, -0.25) is 20.2 Å². The number of para-hydroxylation sites is 1. The molecule has 0 spiro atoms. The number of nitrogens with one attached hydrogen (secondary N) is 2. The molecule has 3 heterocycles. The number of anilines is 2. The maximum atomic E-state index is 13.0. The first kappa shape index (κ1) is 18.0. The number of hydrazine groups is 1. The molecule has 0 aliphatic carbocycles. The van der Waals surface area contributed by atoms with Crippen LogP contribution in [0.2, 0.25) is 0 Å². The molecule has 1 amide bonds. The van der Waals surface area contributed by atoms with Crippen LogP contribution in [0.4, 0.5) is 11.5 Å². The molecule has 6 heteroatoms. The highest BCUT2D eigenvalue weighted by Gasteiger charge is 2.35. The van der Waals surface area contributed by atoms with Crippen molar-refractivity contribution >= 4 is 17.4 Å². The molecule has 28 heavy (non-hydrogen) atoms. The van der Waals surface area contributed by atoms with Crippen molar-refractivity contribution in [2.45, 2.75) is 25.8 Å². The molecule has 0 saturated heterocycles. The van der Waals surface area contributed by atoms with Gasteiger partial charge in [-0.05, 0) is 41.5 Å². The zero-order chi connectivity index (χ0) is 19.6. The Morgan fingerprint density at radius 1 is 1.07 bits per heavy atom. The number of hydrogen-bond acceptors (Lipinski definition) is 5. The summed E-state index contributed by atoms with van der Waals surface area (Å²) < 4.78 is 0. The van der Waals surface area contributed by atoms with Crippen LogP contribution in [-0.2, 0) is 12.0 Å². The Morgan fingerprint density at radius 2 is 1.86 bits per heavy atom. The van der Waals surface area contributed by atoms with Crippen LogP contribution in [0.5, 0.6) is 0 Å². The Labute approximate surface area is 164 Å². The van der Waals surface area contributed by atoms with Crippen molar-refractivity contribution in [1.82, 2.24) is 15.4 Å². The minimum atomic E-state index is -0.183. The van der Waals surface area contributed by atoms with Crippen molar-refractivity contribution < 1.29 is 4.79 Å². The van der Waals surface area contributed by atoms with Crippen LogP contribution in [0, 0.1) is 0 Å². The van der Waals surface area contributed by atoms with Gasteiger partial charge in [-0.2, -0.15) is 0 Å². The number of nitrogens with zero attached hydrogens (tertiary/aromatic N) is 3. The number of hydrogen-bond donors (Lipinski definition) is 2. The van der Waals surface area contributed by atoms with Gasteiger partial charge in [-0.25, -0.2) is 4.98 Å². The van der Waals surface area contributed by atoms with Gasteiger partial charge in [0.15, 0.2) is 0 Å². The van der Waals surface area contributed by atoms with Crippen LogP contribution in [0.1, 0.15) is 35.3 Å². The van der Waals surface area contributed by atoms with E-state index in [1.54, 1.807) is 30.7 Å². The Kier molecular flexibility index (Phi) is 4.69. The maximum Gasteiger partial charge on any atom is 0.273 e. The molecule has 2 N–H and O–H groups in total. The number of rotatable bonds is 5. The molecule has 6 nitrogen and oxygen atoms in total. The predicted molar refractivity (Wildman–Crippen MR) is 110 cm³/mol. The van der Waals surface area contributed by atoms with E-state index in [4.69, 9.17) is 0 Å². The number of aromatic nitrogens is 2. The number of fused-ring (bicyclic) bond motifs is 1. The van der Waals surface area contributed by atoms with Gasteiger partial charge >= 0.3 is 0 Å². The molecule has 142 valence electrons. The van der Waals surface area contributed by atoms with Gasteiger partial charge in [-0.1, -0.05) is 32.0 Å². The van der Waals surface area contributed by atoms with Crippen molar-refractivity contribution in [2.24, 2.45) is 0 Å². The lowest BCUT2D eigenvalue weighted by molar-refractivity contribution is 0.0949. The first-order chi connectivity index (χ1) is 13.5. The third-order valence-corrected chi connectivity index (χ3v) is 4.98. The summed E-state index contributed by atoms with van der Waals surface area (Å²) in [5.41, 5.74) is 6.88. The zero-order valence-electron chi connectivity index (χ0n) is 16.0. The molecule has 1 aliphatic rings.